The highest BCUT2D eigenvalue weighted by molar-refractivity contribution is 5.70. The van der Waals surface area contributed by atoms with Crippen LogP contribution in [0.1, 0.15) is 20.3 Å². The van der Waals surface area contributed by atoms with Crippen molar-refractivity contribution >= 4 is 5.97 Å². The topological polar surface area (TPSA) is 35.5 Å². The molecule has 0 bridgehead atoms. The lowest BCUT2D eigenvalue weighted by molar-refractivity contribution is -0.206. The second-order valence-electron chi connectivity index (χ2n) is 2.21. The van der Waals surface area contributed by atoms with E-state index in [9.17, 15) is 4.79 Å². The lowest BCUT2D eigenvalue weighted by Crippen LogP contribution is -2.31. The molecule has 0 aromatic carbocycles. The molecule has 52 valence electrons. The van der Waals surface area contributed by atoms with Gasteiger partial charge in [-0.15, -0.1) is 0 Å². The highest BCUT2D eigenvalue weighted by Gasteiger charge is 2.22. The van der Waals surface area contributed by atoms with Crippen molar-refractivity contribution in [3.05, 3.63) is 0 Å². The summed E-state index contributed by atoms with van der Waals surface area (Å²) in [5.74, 6) is -0.166. The van der Waals surface area contributed by atoms with Crippen LogP contribution in [-0.2, 0) is 14.3 Å². The molecule has 1 fully saturated rings. The van der Waals surface area contributed by atoms with E-state index in [4.69, 9.17) is 9.47 Å². The summed E-state index contributed by atoms with van der Waals surface area (Å²) in [6.45, 7) is 3.57. The van der Waals surface area contributed by atoms with Gasteiger partial charge in [-0.2, -0.15) is 0 Å². The number of cyclic esters (lactones) is 1. The van der Waals surface area contributed by atoms with Crippen LogP contribution in [-0.4, -0.2) is 18.4 Å². The van der Waals surface area contributed by atoms with E-state index in [2.05, 4.69) is 0 Å². The fourth-order valence-electron chi connectivity index (χ4n) is 0.871. The molecule has 0 aromatic heterocycles. The number of ether oxygens (including phenoxy) is 2. The molecule has 1 heterocycles. The van der Waals surface area contributed by atoms with Gasteiger partial charge in [-0.25, -0.2) is 0 Å². The minimum Gasteiger partial charge on any atom is -0.436 e. The van der Waals surface area contributed by atoms with Crippen molar-refractivity contribution in [1.29, 1.82) is 0 Å². The maximum absolute atomic E-state index is 10.6. The normalized spacial score (nSPS) is 36.0. The summed E-state index contributed by atoms with van der Waals surface area (Å²) in [4.78, 5) is 10.6. The van der Waals surface area contributed by atoms with Crippen LogP contribution in [0.5, 0.6) is 0 Å². The maximum atomic E-state index is 10.6. The average molecular weight is 130 g/mol. The third-order valence-corrected chi connectivity index (χ3v) is 1.18. The lowest BCUT2D eigenvalue weighted by atomic mass is 10.3. The molecule has 0 aliphatic carbocycles. The number of hydrogen-bond acceptors (Lipinski definition) is 3. The largest absolute Gasteiger partial charge is 0.436 e. The second-order valence-corrected chi connectivity index (χ2v) is 2.21. The van der Waals surface area contributed by atoms with E-state index in [1.165, 1.54) is 0 Å². The second kappa shape index (κ2) is 2.35. The van der Waals surface area contributed by atoms with Gasteiger partial charge in [0.25, 0.3) is 0 Å². The summed E-state index contributed by atoms with van der Waals surface area (Å²) in [7, 11) is 0. The van der Waals surface area contributed by atoms with Crippen molar-refractivity contribution in [2.75, 3.05) is 0 Å². The summed E-state index contributed by atoms with van der Waals surface area (Å²) < 4.78 is 9.81. The Hall–Kier alpha value is -0.570. The minimum absolute atomic E-state index is 0.0150. The Labute approximate surface area is 53.9 Å². The monoisotopic (exact) mass is 130 g/mol. The fourth-order valence-corrected chi connectivity index (χ4v) is 0.871. The molecule has 0 unspecified atom stereocenters. The average Bonchev–Trinajstić information content (AvgIpc) is 1.59. The van der Waals surface area contributed by atoms with Crippen LogP contribution >= 0.6 is 0 Å². The van der Waals surface area contributed by atoms with Gasteiger partial charge >= 0.3 is 5.97 Å². The van der Waals surface area contributed by atoms with Crippen LogP contribution in [0.25, 0.3) is 0 Å². The van der Waals surface area contributed by atoms with Gasteiger partial charge in [-0.3, -0.25) is 4.79 Å². The Bertz CT molecular complexity index is 109. The van der Waals surface area contributed by atoms with Crippen molar-refractivity contribution in [2.45, 2.75) is 32.7 Å². The first kappa shape index (κ1) is 6.55. The standard InChI is InChI=1S/C6H10O3/c1-4-3-6(7)9-5(2)8-4/h4-5H,3H2,1-2H3/t4-,5+/m1/s1. The Kier molecular flexibility index (Phi) is 1.71. The molecule has 0 saturated carbocycles. The van der Waals surface area contributed by atoms with Gasteiger partial charge in [0.2, 0.25) is 0 Å². The van der Waals surface area contributed by atoms with Gasteiger partial charge in [0.1, 0.15) is 0 Å². The molecule has 3 heteroatoms. The van der Waals surface area contributed by atoms with E-state index in [0.29, 0.717) is 6.42 Å². The van der Waals surface area contributed by atoms with Crippen LogP contribution in [0.3, 0.4) is 0 Å². The zero-order valence-electron chi connectivity index (χ0n) is 5.59. The number of carbonyl (C=O) groups excluding carboxylic acids is 1. The first-order chi connectivity index (χ1) is 4.18. The van der Waals surface area contributed by atoms with E-state index in [1.54, 1.807) is 6.92 Å². The molecule has 3 nitrogen and oxygen atoms in total. The van der Waals surface area contributed by atoms with E-state index < -0.39 is 0 Å². The highest BCUT2D eigenvalue weighted by Crippen LogP contribution is 2.11. The molecule has 1 aliphatic heterocycles. The van der Waals surface area contributed by atoms with Crippen molar-refractivity contribution in [1.82, 2.24) is 0 Å². The summed E-state index contributed by atoms with van der Waals surface area (Å²) in [6.07, 6.45) is 0.0344. The zero-order chi connectivity index (χ0) is 6.85. The van der Waals surface area contributed by atoms with Crippen molar-refractivity contribution in [3.63, 3.8) is 0 Å². The van der Waals surface area contributed by atoms with Gasteiger partial charge in [-0.05, 0) is 13.8 Å². The molecule has 0 aromatic rings. The highest BCUT2D eigenvalue weighted by atomic mass is 16.7. The molecule has 0 amide bonds. The SMILES string of the molecule is C[C@@H]1OC(=O)C[C@@H](C)O1. The summed E-state index contributed by atoms with van der Waals surface area (Å²) in [5, 5.41) is 0. The number of esters is 1. The van der Waals surface area contributed by atoms with Crippen LogP contribution < -0.4 is 0 Å². The first-order valence-electron chi connectivity index (χ1n) is 3.03. The molecule has 0 N–H and O–H groups in total. The van der Waals surface area contributed by atoms with E-state index in [1.807, 2.05) is 6.92 Å². The molecule has 1 saturated heterocycles. The van der Waals surface area contributed by atoms with Crippen LogP contribution in [0.4, 0.5) is 0 Å². The molecular weight excluding hydrogens is 120 g/mol. The number of hydrogen-bond donors (Lipinski definition) is 0. The van der Waals surface area contributed by atoms with E-state index in [0.717, 1.165) is 0 Å². The molecule has 1 aliphatic rings. The smallest absolute Gasteiger partial charge is 0.310 e. The van der Waals surface area contributed by atoms with Gasteiger partial charge < -0.3 is 9.47 Å². The fraction of sp³-hybridized carbons (Fsp3) is 0.833. The van der Waals surface area contributed by atoms with Crippen LogP contribution in [0, 0.1) is 0 Å². The van der Waals surface area contributed by atoms with E-state index >= 15 is 0 Å². The summed E-state index contributed by atoms with van der Waals surface area (Å²) in [5.41, 5.74) is 0. The lowest BCUT2D eigenvalue weighted by Gasteiger charge is -2.24. The van der Waals surface area contributed by atoms with Gasteiger partial charge in [-0.1, -0.05) is 0 Å². The van der Waals surface area contributed by atoms with Crippen molar-refractivity contribution < 1.29 is 14.3 Å². The molecular formula is C6H10O3. The van der Waals surface area contributed by atoms with E-state index in [-0.39, 0.29) is 18.4 Å². The molecule has 0 radical (unpaired) electrons. The van der Waals surface area contributed by atoms with Crippen LogP contribution in [0.2, 0.25) is 0 Å². The summed E-state index contributed by atoms with van der Waals surface area (Å²) in [6, 6.07) is 0. The number of carbonyl (C=O) groups is 1. The van der Waals surface area contributed by atoms with Crippen molar-refractivity contribution in [3.8, 4) is 0 Å². The predicted molar refractivity (Wildman–Crippen MR) is 30.7 cm³/mol. The maximum Gasteiger partial charge on any atom is 0.310 e. The first-order valence-corrected chi connectivity index (χ1v) is 3.03. The third-order valence-electron chi connectivity index (χ3n) is 1.18. The van der Waals surface area contributed by atoms with Gasteiger partial charge in [0, 0.05) is 0 Å². The Morgan fingerprint density at radius 2 is 2.22 bits per heavy atom. The third kappa shape index (κ3) is 1.68. The van der Waals surface area contributed by atoms with Gasteiger partial charge in [0.05, 0.1) is 12.5 Å². The molecule has 0 spiro atoms. The quantitative estimate of drug-likeness (QED) is 0.452. The Morgan fingerprint density at radius 3 is 2.67 bits per heavy atom. The van der Waals surface area contributed by atoms with Crippen LogP contribution in [0.15, 0.2) is 0 Å². The summed E-state index contributed by atoms with van der Waals surface area (Å²) >= 11 is 0. The van der Waals surface area contributed by atoms with Gasteiger partial charge in [0.15, 0.2) is 6.29 Å². The predicted octanol–water partition coefficient (Wildman–Crippen LogP) is 0.684. The molecule has 9 heavy (non-hydrogen) atoms. The minimum atomic E-state index is -0.360. The molecule has 2 atom stereocenters. The number of rotatable bonds is 0. The Balaban J connectivity index is 2.43. The Morgan fingerprint density at radius 1 is 1.56 bits per heavy atom. The zero-order valence-corrected chi connectivity index (χ0v) is 5.59. The molecule has 1 rings (SSSR count). The van der Waals surface area contributed by atoms with Crippen molar-refractivity contribution in [2.24, 2.45) is 0 Å².